The van der Waals surface area contributed by atoms with Gasteiger partial charge in [0.05, 0.1) is 5.56 Å². The van der Waals surface area contributed by atoms with Crippen LogP contribution in [0.1, 0.15) is 51.0 Å². The van der Waals surface area contributed by atoms with Crippen LogP contribution in [-0.4, -0.2) is 20.3 Å². The molecule has 1 aromatic heterocycles. The van der Waals surface area contributed by atoms with E-state index in [0.717, 1.165) is 0 Å². The van der Waals surface area contributed by atoms with Crippen molar-refractivity contribution in [3.05, 3.63) is 15.9 Å². The lowest BCUT2D eigenvalue weighted by Crippen LogP contribution is -2.16. The van der Waals surface area contributed by atoms with Gasteiger partial charge in [0, 0.05) is 5.25 Å². The van der Waals surface area contributed by atoms with Gasteiger partial charge in [-0.15, -0.1) is 0 Å². The van der Waals surface area contributed by atoms with Gasteiger partial charge in [0.1, 0.15) is 0 Å². The first-order chi connectivity index (χ1) is 8.08. The van der Waals surface area contributed by atoms with E-state index in [4.69, 9.17) is 0 Å². The van der Waals surface area contributed by atoms with E-state index >= 15 is 0 Å². The molecule has 0 radical (unpaired) electrons. The summed E-state index contributed by atoms with van der Waals surface area (Å²) in [6, 6.07) is 0. The van der Waals surface area contributed by atoms with E-state index in [-0.39, 0.29) is 17.4 Å². The summed E-state index contributed by atoms with van der Waals surface area (Å²) in [6.07, 6.45) is 4.83. The summed E-state index contributed by atoms with van der Waals surface area (Å²) in [7, 11) is 0. The highest BCUT2D eigenvalue weighted by Gasteiger charge is 2.19. The summed E-state index contributed by atoms with van der Waals surface area (Å²) in [5.74, 6) is -0.138. The predicted octanol–water partition coefficient (Wildman–Crippen LogP) is 2.63. The van der Waals surface area contributed by atoms with Gasteiger partial charge in [0.15, 0.2) is 5.16 Å². The number of nitrogens with zero attached hydrogens (tertiary/aromatic N) is 1. The van der Waals surface area contributed by atoms with E-state index in [0.29, 0.717) is 16.0 Å². The minimum Gasteiger partial charge on any atom is -0.493 e. The van der Waals surface area contributed by atoms with Gasteiger partial charge in [-0.1, -0.05) is 38.5 Å². The second-order valence-corrected chi connectivity index (χ2v) is 6.08. The SMILES string of the molecule is CC(C)c1c(O)nc(SC2CCCC2)[nH]c1=O. The fourth-order valence-electron chi connectivity index (χ4n) is 2.19. The molecular weight excluding hydrogens is 236 g/mol. The molecule has 5 heteroatoms. The molecule has 0 amide bonds. The van der Waals surface area contributed by atoms with Crippen molar-refractivity contribution in [2.45, 2.75) is 55.9 Å². The van der Waals surface area contributed by atoms with Crippen LogP contribution in [0.2, 0.25) is 0 Å². The van der Waals surface area contributed by atoms with Gasteiger partial charge in [0.25, 0.3) is 5.56 Å². The normalized spacial score (nSPS) is 16.9. The average Bonchev–Trinajstić information content (AvgIpc) is 2.68. The van der Waals surface area contributed by atoms with Crippen molar-refractivity contribution in [3.8, 4) is 5.88 Å². The molecule has 0 aromatic carbocycles. The van der Waals surface area contributed by atoms with Crippen molar-refractivity contribution in [3.63, 3.8) is 0 Å². The molecule has 1 aromatic rings. The minimum absolute atomic E-state index is 0.0169. The van der Waals surface area contributed by atoms with Crippen LogP contribution in [0.5, 0.6) is 5.88 Å². The Hall–Kier alpha value is -0.970. The summed E-state index contributed by atoms with van der Waals surface area (Å²) in [5.41, 5.74) is 0.161. The molecule has 0 spiro atoms. The number of H-pyrrole nitrogens is 1. The number of nitrogens with one attached hydrogen (secondary N) is 1. The first-order valence-corrected chi connectivity index (χ1v) is 6.95. The van der Waals surface area contributed by atoms with Crippen molar-refractivity contribution in [2.75, 3.05) is 0 Å². The average molecular weight is 254 g/mol. The predicted molar refractivity (Wildman–Crippen MR) is 68.7 cm³/mol. The Kier molecular flexibility index (Phi) is 3.76. The molecule has 1 aliphatic rings. The van der Waals surface area contributed by atoms with Gasteiger partial charge >= 0.3 is 0 Å². The Labute approximate surface area is 105 Å². The van der Waals surface area contributed by atoms with Crippen molar-refractivity contribution < 1.29 is 5.11 Å². The summed E-state index contributed by atoms with van der Waals surface area (Å²) in [5, 5.41) is 10.8. The molecule has 1 heterocycles. The minimum atomic E-state index is -0.215. The standard InChI is InChI=1S/C12H18N2O2S/c1-7(2)9-10(15)13-12(14-11(9)16)17-8-5-3-4-6-8/h7-8H,3-6H2,1-2H3,(H2,13,14,15,16). The highest BCUT2D eigenvalue weighted by atomic mass is 32.2. The van der Waals surface area contributed by atoms with Crippen molar-refractivity contribution >= 4 is 11.8 Å². The van der Waals surface area contributed by atoms with Gasteiger partial charge in [-0.3, -0.25) is 4.79 Å². The lowest BCUT2D eigenvalue weighted by molar-refractivity contribution is 0.432. The quantitative estimate of drug-likeness (QED) is 0.814. The van der Waals surface area contributed by atoms with Gasteiger partial charge in [0.2, 0.25) is 5.88 Å². The van der Waals surface area contributed by atoms with E-state index in [2.05, 4.69) is 9.97 Å². The Bertz CT molecular complexity index is 450. The van der Waals surface area contributed by atoms with E-state index in [1.54, 1.807) is 11.8 Å². The molecular formula is C12H18N2O2S. The third-order valence-corrected chi connectivity index (χ3v) is 4.29. The molecule has 1 aliphatic carbocycles. The second kappa shape index (κ2) is 5.12. The van der Waals surface area contributed by atoms with Gasteiger partial charge < -0.3 is 10.1 Å². The monoisotopic (exact) mass is 254 g/mol. The van der Waals surface area contributed by atoms with Crippen molar-refractivity contribution in [1.29, 1.82) is 0 Å². The number of thioether (sulfide) groups is 1. The van der Waals surface area contributed by atoms with Crippen LogP contribution in [0.4, 0.5) is 0 Å². The van der Waals surface area contributed by atoms with Crippen LogP contribution in [0.3, 0.4) is 0 Å². The summed E-state index contributed by atoms with van der Waals surface area (Å²) < 4.78 is 0. The van der Waals surface area contributed by atoms with Crippen LogP contribution < -0.4 is 5.56 Å². The molecule has 2 N–H and O–H groups in total. The molecule has 0 unspecified atom stereocenters. The zero-order valence-corrected chi connectivity index (χ0v) is 11.0. The van der Waals surface area contributed by atoms with Gasteiger partial charge in [-0.2, -0.15) is 4.98 Å². The first kappa shape index (κ1) is 12.5. The van der Waals surface area contributed by atoms with Crippen molar-refractivity contribution in [1.82, 2.24) is 9.97 Å². The molecule has 0 aliphatic heterocycles. The lowest BCUT2D eigenvalue weighted by Gasteiger charge is -2.10. The van der Waals surface area contributed by atoms with E-state index in [9.17, 15) is 9.90 Å². The zero-order chi connectivity index (χ0) is 12.4. The summed E-state index contributed by atoms with van der Waals surface area (Å²) in [6.45, 7) is 3.74. The van der Waals surface area contributed by atoms with Crippen molar-refractivity contribution in [2.24, 2.45) is 0 Å². The fraction of sp³-hybridized carbons (Fsp3) is 0.667. The van der Waals surface area contributed by atoms with Crippen LogP contribution in [0.25, 0.3) is 0 Å². The number of aromatic hydroxyl groups is 1. The fourth-order valence-corrected chi connectivity index (χ4v) is 3.37. The smallest absolute Gasteiger partial charge is 0.258 e. The summed E-state index contributed by atoms with van der Waals surface area (Å²) >= 11 is 1.57. The maximum atomic E-state index is 11.8. The Balaban J connectivity index is 2.22. The van der Waals surface area contributed by atoms with Crippen LogP contribution >= 0.6 is 11.8 Å². The molecule has 1 fully saturated rings. The highest BCUT2D eigenvalue weighted by molar-refractivity contribution is 7.99. The molecule has 1 saturated carbocycles. The number of aromatic nitrogens is 2. The number of hydrogen-bond donors (Lipinski definition) is 2. The topological polar surface area (TPSA) is 66.0 Å². The Morgan fingerprint density at radius 1 is 1.41 bits per heavy atom. The van der Waals surface area contributed by atoms with Crippen LogP contribution in [0, 0.1) is 0 Å². The first-order valence-electron chi connectivity index (χ1n) is 6.07. The third-order valence-electron chi connectivity index (χ3n) is 3.07. The van der Waals surface area contributed by atoms with Crippen LogP contribution in [-0.2, 0) is 0 Å². The number of rotatable bonds is 3. The Morgan fingerprint density at radius 3 is 2.59 bits per heavy atom. The van der Waals surface area contributed by atoms with E-state index in [1.807, 2.05) is 13.8 Å². The molecule has 2 rings (SSSR count). The third kappa shape index (κ3) is 2.83. The highest BCUT2D eigenvalue weighted by Crippen LogP contribution is 2.33. The summed E-state index contributed by atoms with van der Waals surface area (Å²) in [4.78, 5) is 18.7. The molecule has 4 nitrogen and oxygen atoms in total. The molecule has 17 heavy (non-hydrogen) atoms. The maximum absolute atomic E-state index is 11.8. The number of hydrogen-bond acceptors (Lipinski definition) is 4. The molecule has 94 valence electrons. The Morgan fingerprint density at radius 2 is 2.06 bits per heavy atom. The second-order valence-electron chi connectivity index (χ2n) is 4.79. The molecule has 0 bridgehead atoms. The van der Waals surface area contributed by atoms with Gasteiger partial charge in [-0.05, 0) is 18.8 Å². The molecule has 0 atom stereocenters. The lowest BCUT2D eigenvalue weighted by atomic mass is 10.1. The van der Waals surface area contributed by atoms with E-state index in [1.165, 1.54) is 25.7 Å². The molecule has 0 saturated heterocycles. The van der Waals surface area contributed by atoms with E-state index < -0.39 is 0 Å². The van der Waals surface area contributed by atoms with Gasteiger partial charge in [-0.25, -0.2) is 0 Å². The number of aromatic amines is 1. The largest absolute Gasteiger partial charge is 0.493 e. The van der Waals surface area contributed by atoms with Crippen LogP contribution in [0.15, 0.2) is 9.95 Å². The zero-order valence-electron chi connectivity index (χ0n) is 10.2. The maximum Gasteiger partial charge on any atom is 0.258 e.